The van der Waals surface area contributed by atoms with Gasteiger partial charge in [-0.3, -0.25) is 9.69 Å². The highest BCUT2D eigenvalue weighted by Crippen LogP contribution is 2.19. The van der Waals surface area contributed by atoms with Crippen LogP contribution in [0.25, 0.3) is 0 Å². The van der Waals surface area contributed by atoms with E-state index in [1.807, 2.05) is 24.8 Å². The first kappa shape index (κ1) is 17.1. The fourth-order valence-electron chi connectivity index (χ4n) is 3.75. The minimum absolute atomic E-state index is 0.0662. The molecule has 0 spiro atoms. The number of hydrogen-bond acceptors (Lipinski definition) is 5. The Hall–Kier alpha value is -1.69. The largest absolute Gasteiger partial charge is 0.338 e. The van der Waals surface area contributed by atoms with Crippen LogP contribution in [0.2, 0.25) is 0 Å². The molecular weight excluding hydrogens is 302 g/mol. The third-order valence-electron chi connectivity index (χ3n) is 5.15. The van der Waals surface area contributed by atoms with Gasteiger partial charge in [-0.2, -0.15) is 0 Å². The summed E-state index contributed by atoms with van der Waals surface area (Å²) in [5.41, 5.74) is 1.99. The maximum atomic E-state index is 12.9. The molecule has 132 valence electrons. The third kappa shape index (κ3) is 3.86. The highest BCUT2D eigenvalue weighted by atomic mass is 16.2. The van der Waals surface area contributed by atoms with Crippen molar-refractivity contribution in [2.75, 3.05) is 44.7 Å². The van der Waals surface area contributed by atoms with E-state index in [0.717, 1.165) is 62.9 Å². The van der Waals surface area contributed by atoms with E-state index in [0.29, 0.717) is 5.91 Å². The van der Waals surface area contributed by atoms with Gasteiger partial charge in [-0.25, -0.2) is 9.97 Å². The predicted octanol–water partition coefficient (Wildman–Crippen LogP) is 1.62. The van der Waals surface area contributed by atoms with Crippen molar-refractivity contribution in [1.82, 2.24) is 19.8 Å². The van der Waals surface area contributed by atoms with Crippen LogP contribution in [-0.2, 0) is 4.79 Å². The van der Waals surface area contributed by atoms with Gasteiger partial charge in [0.05, 0.1) is 6.04 Å². The fraction of sp³-hybridized carbons (Fsp3) is 0.722. The zero-order valence-corrected chi connectivity index (χ0v) is 15.2. The molecule has 2 aliphatic rings. The van der Waals surface area contributed by atoms with Crippen molar-refractivity contribution in [1.29, 1.82) is 0 Å². The van der Waals surface area contributed by atoms with E-state index in [2.05, 4.69) is 26.8 Å². The van der Waals surface area contributed by atoms with Crippen molar-refractivity contribution in [3.8, 4) is 0 Å². The van der Waals surface area contributed by atoms with Crippen molar-refractivity contribution >= 4 is 11.9 Å². The molecule has 0 aliphatic carbocycles. The molecule has 3 rings (SSSR count). The molecule has 0 N–H and O–H groups in total. The topological polar surface area (TPSA) is 52.6 Å². The van der Waals surface area contributed by atoms with E-state index in [1.54, 1.807) is 0 Å². The van der Waals surface area contributed by atoms with Gasteiger partial charge in [0.25, 0.3) is 0 Å². The molecule has 1 amide bonds. The number of aryl methyl sites for hydroxylation is 2. The zero-order chi connectivity index (χ0) is 17.1. The highest BCUT2D eigenvalue weighted by Gasteiger charge is 2.31. The van der Waals surface area contributed by atoms with Gasteiger partial charge in [0, 0.05) is 37.6 Å². The number of hydrogen-bond donors (Lipinski definition) is 0. The molecule has 1 aromatic rings. The van der Waals surface area contributed by atoms with Crippen molar-refractivity contribution < 1.29 is 4.79 Å². The molecule has 6 nitrogen and oxygen atoms in total. The molecule has 2 fully saturated rings. The normalized spacial score (nSPS) is 23.2. The molecule has 3 heterocycles. The Labute approximate surface area is 144 Å². The van der Waals surface area contributed by atoms with Crippen LogP contribution in [-0.4, -0.2) is 71.5 Å². The lowest BCUT2D eigenvalue weighted by Crippen LogP contribution is -2.54. The Morgan fingerprint density at radius 2 is 1.67 bits per heavy atom. The quantitative estimate of drug-likeness (QED) is 0.824. The number of carbonyl (C=O) groups is 1. The molecule has 2 saturated heterocycles. The number of amides is 1. The molecule has 24 heavy (non-hydrogen) atoms. The molecule has 0 bridgehead atoms. The van der Waals surface area contributed by atoms with Crippen molar-refractivity contribution in [2.45, 2.75) is 45.6 Å². The minimum Gasteiger partial charge on any atom is -0.338 e. The van der Waals surface area contributed by atoms with Crippen LogP contribution in [0.3, 0.4) is 0 Å². The number of carbonyl (C=O) groups excluding carboxylic acids is 1. The van der Waals surface area contributed by atoms with E-state index >= 15 is 0 Å². The van der Waals surface area contributed by atoms with Crippen molar-refractivity contribution in [3.05, 3.63) is 17.5 Å². The molecular formula is C18H29N5O. The summed E-state index contributed by atoms with van der Waals surface area (Å²) in [4.78, 5) is 28.5. The minimum atomic E-state index is 0.0662. The average molecular weight is 331 g/mol. The number of anilines is 1. The van der Waals surface area contributed by atoms with Crippen LogP contribution >= 0.6 is 0 Å². The lowest BCUT2D eigenvalue weighted by Gasteiger charge is -2.38. The van der Waals surface area contributed by atoms with E-state index < -0.39 is 0 Å². The van der Waals surface area contributed by atoms with E-state index in [4.69, 9.17) is 0 Å². The molecule has 0 aromatic carbocycles. The number of rotatable bonds is 2. The molecule has 6 heteroatoms. The van der Waals surface area contributed by atoms with Gasteiger partial charge in [-0.05, 0) is 46.3 Å². The summed E-state index contributed by atoms with van der Waals surface area (Å²) < 4.78 is 0. The third-order valence-corrected chi connectivity index (χ3v) is 5.15. The Kier molecular flexibility index (Phi) is 5.33. The van der Waals surface area contributed by atoms with Gasteiger partial charge in [0.15, 0.2) is 0 Å². The van der Waals surface area contributed by atoms with Crippen LogP contribution in [0.15, 0.2) is 6.07 Å². The summed E-state index contributed by atoms with van der Waals surface area (Å²) in [7, 11) is 2.09. The van der Waals surface area contributed by atoms with E-state index in [9.17, 15) is 4.79 Å². The van der Waals surface area contributed by atoms with Crippen LogP contribution in [0, 0.1) is 13.8 Å². The highest BCUT2D eigenvalue weighted by molar-refractivity contribution is 5.82. The standard InChI is InChI=1S/C18H29N5O/c1-14-13-15(2)20-18(19-14)23-11-9-22(10-12-23)17(24)16-7-5-4-6-8-21(16)3/h13,16H,4-12H2,1-3H3/t16-/m0/s1. The first-order chi connectivity index (χ1) is 11.5. The number of likely N-dealkylation sites (N-methyl/N-ethyl adjacent to an activating group) is 1. The second-order valence-electron chi connectivity index (χ2n) is 7.11. The Morgan fingerprint density at radius 3 is 2.33 bits per heavy atom. The second-order valence-corrected chi connectivity index (χ2v) is 7.11. The van der Waals surface area contributed by atoms with Gasteiger partial charge >= 0.3 is 0 Å². The van der Waals surface area contributed by atoms with Crippen LogP contribution in [0.5, 0.6) is 0 Å². The lowest BCUT2D eigenvalue weighted by molar-refractivity contribution is -0.137. The maximum absolute atomic E-state index is 12.9. The van der Waals surface area contributed by atoms with Gasteiger partial charge in [-0.15, -0.1) is 0 Å². The van der Waals surface area contributed by atoms with Crippen LogP contribution < -0.4 is 4.90 Å². The summed E-state index contributed by atoms with van der Waals surface area (Å²) >= 11 is 0. The fourth-order valence-corrected chi connectivity index (χ4v) is 3.75. The van der Waals surface area contributed by atoms with Gasteiger partial charge in [0.2, 0.25) is 11.9 Å². The number of piperazine rings is 1. The monoisotopic (exact) mass is 331 g/mol. The SMILES string of the molecule is Cc1cc(C)nc(N2CCN(C(=O)[C@@H]3CCCCCN3C)CC2)n1. The predicted molar refractivity (Wildman–Crippen MR) is 95.2 cm³/mol. The van der Waals surface area contributed by atoms with Crippen LogP contribution in [0.4, 0.5) is 5.95 Å². The molecule has 0 saturated carbocycles. The van der Waals surface area contributed by atoms with E-state index in [-0.39, 0.29) is 6.04 Å². The molecule has 1 atom stereocenters. The molecule has 0 radical (unpaired) electrons. The smallest absolute Gasteiger partial charge is 0.240 e. The second kappa shape index (κ2) is 7.47. The summed E-state index contributed by atoms with van der Waals surface area (Å²) in [6, 6.07) is 2.06. The first-order valence-electron chi connectivity index (χ1n) is 9.11. The van der Waals surface area contributed by atoms with Gasteiger partial charge in [-0.1, -0.05) is 12.8 Å². The van der Waals surface area contributed by atoms with Gasteiger partial charge in [0.1, 0.15) is 0 Å². The van der Waals surface area contributed by atoms with Gasteiger partial charge < -0.3 is 9.80 Å². The molecule has 2 aliphatic heterocycles. The Bertz CT molecular complexity index is 563. The Balaban J connectivity index is 1.61. The average Bonchev–Trinajstić information content (AvgIpc) is 2.78. The summed E-state index contributed by atoms with van der Waals surface area (Å²) in [5.74, 6) is 1.10. The number of likely N-dealkylation sites (tertiary alicyclic amines) is 1. The molecule has 0 unspecified atom stereocenters. The lowest BCUT2D eigenvalue weighted by atomic mass is 10.1. The number of aromatic nitrogens is 2. The summed E-state index contributed by atoms with van der Waals surface area (Å²) in [5, 5.41) is 0. The van der Waals surface area contributed by atoms with Crippen molar-refractivity contribution in [2.24, 2.45) is 0 Å². The molecule has 1 aromatic heterocycles. The van der Waals surface area contributed by atoms with Crippen molar-refractivity contribution in [3.63, 3.8) is 0 Å². The Morgan fingerprint density at radius 1 is 1.00 bits per heavy atom. The van der Waals surface area contributed by atoms with E-state index in [1.165, 1.54) is 12.8 Å². The summed E-state index contributed by atoms with van der Waals surface area (Å²) in [6.45, 7) is 8.18. The maximum Gasteiger partial charge on any atom is 0.240 e. The number of nitrogens with zero attached hydrogens (tertiary/aromatic N) is 5. The zero-order valence-electron chi connectivity index (χ0n) is 15.2. The first-order valence-corrected chi connectivity index (χ1v) is 9.11. The summed E-state index contributed by atoms with van der Waals surface area (Å²) in [6.07, 6.45) is 4.61. The van der Waals surface area contributed by atoms with Crippen LogP contribution in [0.1, 0.15) is 37.1 Å².